The highest BCUT2D eigenvalue weighted by Crippen LogP contribution is 2.41. The van der Waals surface area contributed by atoms with E-state index < -0.39 is 11.4 Å². The number of hydrogen-bond acceptors (Lipinski definition) is 3. The number of amides is 2. The monoisotopic (exact) mass is 284 g/mol. The molecule has 0 aliphatic heterocycles. The van der Waals surface area contributed by atoms with Crippen molar-refractivity contribution in [3.8, 4) is 0 Å². The van der Waals surface area contributed by atoms with Crippen molar-refractivity contribution in [2.45, 2.75) is 39.0 Å². The lowest BCUT2D eigenvalue weighted by atomic mass is 9.82. The third kappa shape index (κ3) is 3.71. The van der Waals surface area contributed by atoms with E-state index in [1.54, 1.807) is 21.0 Å². The standard InChI is InChI=1S/C14H24N2O4/c1-4-16(10-12(18)15(2)3)11(17)9-14(13(19)20)7-5-6-8-14/h4-10H2,1-3H3,(H,19,20). The van der Waals surface area contributed by atoms with E-state index in [1.807, 2.05) is 0 Å². The molecule has 0 unspecified atom stereocenters. The van der Waals surface area contributed by atoms with Gasteiger partial charge in [0.15, 0.2) is 0 Å². The number of nitrogens with zero attached hydrogens (tertiary/aromatic N) is 2. The fraction of sp³-hybridized carbons (Fsp3) is 0.786. The molecule has 0 aromatic carbocycles. The van der Waals surface area contributed by atoms with Crippen molar-refractivity contribution in [1.82, 2.24) is 9.80 Å². The zero-order chi connectivity index (χ0) is 15.3. The third-order valence-corrected chi connectivity index (χ3v) is 4.06. The average Bonchev–Trinajstić information content (AvgIpc) is 2.85. The van der Waals surface area contributed by atoms with Crippen LogP contribution in [0.25, 0.3) is 0 Å². The maximum Gasteiger partial charge on any atom is 0.310 e. The zero-order valence-electron chi connectivity index (χ0n) is 12.5. The summed E-state index contributed by atoms with van der Waals surface area (Å²) in [7, 11) is 3.27. The quantitative estimate of drug-likeness (QED) is 0.788. The van der Waals surface area contributed by atoms with E-state index in [0.29, 0.717) is 19.4 Å². The predicted octanol–water partition coefficient (Wildman–Crippen LogP) is 0.958. The normalized spacial score (nSPS) is 16.8. The van der Waals surface area contributed by atoms with Gasteiger partial charge in [-0.15, -0.1) is 0 Å². The second kappa shape index (κ2) is 6.72. The molecule has 1 fully saturated rings. The van der Waals surface area contributed by atoms with Gasteiger partial charge in [-0.25, -0.2) is 0 Å². The molecule has 0 aromatic heterocycles. The molecule has 0 spiro atoms. The Balaban J connectivity index is 2.71. The Morgan fingerprint density at radius 3 is 2.05 bits per heavy atom. The predicted molar refractivity (Wildman–Crippen MR) is 74.1 cm³/mol. The lowest BCUT2D eigenvalue weighted by Gasteiger charge is -2.28. The Labute approximate surface area is 119 Å². The minimum Gasteiger partial charge on any atom is -0.481 e. The molecule has 6 heteroatoms. The molecule has 1 rings (SSSR count). The number of carboxylic acid groups (broad SMARTS) is 1. The first kappa shape index (κ1) is 16.5. The van der Waals surface area contributed by atoms with Crippen molar-refractivity contribution >= 4 is 17.8 Å². The van der Waals surface area contributed by atoms with Crippen molar-refractivity contribution in [2.75, 3.05) is 27.2 Å². The van der Waals surface area contributed by atoms with Gasteiger partial charge in [-0.1, -0.05) is 12.8 Å². The first-order chi connectivity index (χ1) is 9.32. The van der Waals surface area contributed by atoms with Crippen LogP contribution in [0.15, 0.2) is 0 Å². The topological polar surface area (TPSA) is 77.9 Å². The van der Waals surface area contributed by atoms with Gasteiger partial charge in [0.25, 0.3) is 0 Å². The molecule has 0 atom stereocenters. The number of carbonyl (C=O) groups is 3. The van der Waals surface area contributed by atoms with Gasteiger partial charge < -0.3 is 14.9 Å². The van der Waals surface area contributed by atoms with E-state index >= 15 is 0 Å². The second-order valence-electron chi connectivity index (χ2n) is 5.67. The average molecular weight is 284 g/mol. The Morgan fingerprint density at radius 2 is 1.65 bits per heavy atom. The number of carboxylic acids is 1. The summed E-state index contributed by atoms with van der Waals surface area (Å²) in [4.78, 5) is 38.3. The Bertz CT molecular complexity index is 387. The van der Waals surface area contributed by atoms with Crippen molar-refractivity contribution in [1.29, 1.82) is 0 Å². The van der Waals surface area contributed by atoms with Crippen molar-refractivity contribution in [3.63, 3.8) is 0 Å². The molecule has 0 heterocycles. The third-order valence-electron chi connectivity index (χ3n) is 4.06. The first-order valence-electron chi connectivity index (χ1n) is 7.03. The van der Waals surface area contributed by atoms with Gasteiger partial charge in [0.05, 0.1) is 12.0 Å². The minimum absolute atomic E-state index is 0.00309. The van der Waals surface area contributed by atoms with Crippen LogP contribution in [-0.4, -0.2) is 59.9 Å². The van der Waals surface area contributed by atoms with E-state index in [-0.39, 0.29) is 24.8 Å². The molecule has 0 saturated heterocycles. The Morgan fingerprint density at radius 1 is 1.10 bits per heavy atom. The number of carbonyl (C=O) groups excluding carboxylic acids is 2. The van der Waals surface area contributed by atoms with Crippen LogP contribution in [0.3, 0.4) is 0 Å². The van der Waals surface area contributed by atoms with Crippen LogP contribution in [0.4, 0.5) is 0 Å². The summed E-state index contributed by atoms with van der Waals surface area (Å²) in [6.45, 7) is 2.22. The van der Waals surface area contributed by atoms with Crippen LogP contribution in [0.5, 0.6) is 0 Å². The molecular formula is C14H24N2O4. The summed E-state index contributed by atoms with van der Waals surface area (Å²) >= 11 is 0. The van der Waals surface area contributed by atoms with Crippen LogP contribution in [0.2, 0.25) is 0 Å². The van der Waals surface area contributed by atoms with Gasteiger partial charge in [0.2, 0.25) is 11.8 Å². The summed E-state index contributed by atoms with van der Waals surface area (Å²) in [5.74, 6) is -1.29. The first-order valence-corrected chi connectivity index (χ1v) is 7.03. The fourth-order valence-electron chi connectivity index (χ4n) is 2.60. The highest BCUT2D eigenvalue weighted by Gasteiger charge is 2.43. The smallest absolute Gasteiger partial charge is 0.310 e. The van der Waals surface area contributed by atoms with Gasteiger partial charge in [-0.3, -0.25) is 14.4 Å². The Kier molecular flexibility index (Phi) is 5.53. The SMILES string of the molecule is CCN(CC(=O)N(C)C)C(=O)CC1(C(=O)O)CCCC1. The summed E-state index contributed by atoms with van der Waals surface area (Å²) in [6.07, 6.45) is 2.79. The number of aliphatic carboxylic acids is 1. The van der Waals surface area contributed by atoms with Crippen LogP contribution in [0, 0.1) is 5.41 Å². The maximum absolute atomic E-state index is 12.3. The molecule has 1 N–H and O–H groups in total. The summed E-state index contributed by atoms with van der Waals surface area (Å²) in [5, 5.41) is 9.39. The van der Waals surface area contributed by atoms with Crippen molar-refractivity contribution < 1.29 is 19.5 Å². The molecule has 1 aliphatic carbocycles. The van der Waals surface area contributed by atoms with Crippen LogP contribution < -0.4 is 0 Å². The zero-order valence-corrected chi connectivity index (χ0v) is 12.5. The lowest BCUT2D eigenvalue weighted by molar-refractivity contribution is -0.153. The summed E-state index contributed by atoms with van der Waals surface area (Å²) in [5.41, 5.74) is -0.925. The molecule has 114 valence electrons. The molecule has 0 bridgehead atoms. The van der Waals surface area contributed by atoms with Gasteiger partial charge in [-0.05, 0) is 19.8 Å². The van der Waals surface area contributed by atoms with Crippen LogP contribution in [-0.2, 0) is 14.4 Å². The molecule has 6 nitrogen and oxygen atoms in total. The van der Waals surface area contributed by atoms with Crippen LogP contribution in [0.1, 0.15) is 39.0 Å². The van der Waals surface area contributed by atoms with E-state index in [4.69, 9.17) is 0 Å². The van der Waals surface area contributed by atoms with E-state index in [2.05, 4.69) is 0 Å². The highest BCUT2D eigenvalue weighted by molar-refractivity contribution is 5.88. The van der Waals surface area contributed by atoms with E-state index in [0.717, 1.165) is 12.8 Å². The maximum atomic E-state index is 12.3. The molecule has 1 aliphatic rings. The van der Waals surface area contributed by atoms with Crippen molar-refractivity contribution in [2.24, 2.45) is 5.41 Å². The lowest BCUT2D eigenvalue weighted by Crippen LogP contribution is -2.43. The molecule has 2 amide bonds. The molecule has 20 heavy (non-hydrogen) atoms. The van der Waals surface area contributed by atoms with Gasteiger partial charge in [0, 0.05) is 27.1 Å². The Hall–Kier alpha value is -1.59. The summed E-state index contributed by atoms with van der Waals surface area (Å²) in [6, 6.07) is 0. The second-order valence-corrected chi connectivity index (χ2v) is 5.67. The molecular weight excluding hydrogens is 260 g/mol. The molecule has 0 aromatic rings. The molecule has 1 saturated carbocycles. The number of rotatable bonds is 6. The number of hydrogen-bond donors (Lipinski definition) is 1. The minimum atomic E-state index is -0.925. The largest absolute Gasteiger partial charge is 0.481 e. The van der Waals surface area contributed by atoms with Gasteiger partial charge in [0.1, 0.15) is 0 Å². The van der Waals surface area contributed by atoms with Crippen LogP contribution >= 0.6 is 0 Å². The van der Waals surface area contributed by atoms with E-state index in [1.165, 1.54) is 9.80 Å². The van der Waals surface area contributed by atoms with Gasteiger partial charge >= 0.3 is 5.97 Å². The van der Waals surface area contributed by atoms with Crippen molar-refractivity contribution in [3.05, 3.63) is 0 Å². The highest BCUT2D eigenvalue weighted by atomic mass is 16.4. The molecule has 0 radical (unpaired) electrons. The van der Waals surface area contributed by atoms with Gasteiger partial charge in [-0.2, -0.15) is 0 Å². The summed E-state index contributed by atoms with van der Waals surface area (Å²) < 4.78 is 0. The van der Waals surface area contributed by atoms with E-state index in [9.17, 15) is 19.5 Å². The number of likely N-dealkylation sites (N-methyl/N-ethyl adjacent to an activating group) is 2. The fourth-order valence-corrected chi connectivity index (χ4v) is 2.60.